The molecular weight excluding hydrogens is 472 g/mol. The maximum absolute atomic E-state index is 12.6. The van der Waals surface area contributed by atoms with Crippen molar-refractivity contribution in [1.29, 1.82) is 0 Å². The Kier molecular flexibility index (Phi) is 9.00. The second kappa shape index (κ2) is 12.4. The molecule has 0 fully saturated rings. The van der Waals surface area contributed by atoms with Crippen molar-refractivity contribution in [3.8, 4) is 17.2 Å². The molecular formula is C30H28O7. The summed E-state index contributed by atoms with van der Waals surface area (Å²) in [5.41, 5.74) is 1.99. The van der Waals surface area contributed by atoms with E-state index in [0.717, 1.165) is 16.3 Å². The SMILES string of the molecule is C=C(C)C(=O)COc1ccc2cc(/C=C(\C)C(=O)Oc3ccc(OCOC(=O)C(=C)C)cc3)ccc2c1. The Morgan fingerprint density at radius 3 is 2.03 bits per heavy atom. The number of hydrogen-bond acceptors (Lipinski definition) is 7. The lowest BCUT2D eigenvalue weighted by Crippen LogP contribution is -2.11. The lowest BCUT2D eigenvalue weighted by molar-refractivity contribution is -0.145. The molecule has 3 rings (SSSR count). The highest BCUT2D eigenvalue weighted by molar-refractivity contribution is 5.96. The molecule has 37 heavy (non-hydrogen) atoms. The van der Waals surface area contributed by atoms with Gasteiger partial charge in [0.1, 0.15) is 17.2 Å². The Balaban J connectivity index is 1.59. The lowest BCUT2D eigenvalue weighted by Gasteiger charge is -2.09. The van der Waals surface area contributed by atoms with Gasteiger partial charge in [0.25, 0.3) is 0 Å². The predicted octanol–water partition coefficient (Wildman–Crippen LogP) is 5.83. The molecule has 0 heterocycles. The zero-order valence-electron chi connectivity index (χ0n) is 21.0. The van der Waals surface area contributed by atoms with Gasteiger partial charge in [-0.3, -0.25) is 4.79 Å². The minimum atomic E-state index is -0.537. The van der Waals surface area contributed by atoms with Crippen LogP contribution < -0.4 is 14.2 Å². The van der Waals surface area contributed by atoms with Crippen LogP contribution in [0.2, 0.25) is 0 Å². The molecule has 0 spiro atoms. The van der Waals surface area contributed by atoms with Crippen LogP contribution >= 0.6 is 0 Å². The third-order valence-electron chi connectivity index (χ3n) is 5.19. The zero-order valence-corrected chi connectivity index (χ0v) is 21.0. The van der Waals surface area contributed by atoms with Crippen molar-refractivity contribution in [3.05, 3.63) is 96.1 Å². The van der Waals surface area contributed by atoms with Gasteiger partial charge in [0.15, 0.2) is 12.4 Å². The first-order valence-corrected chi connectivity index (χ1v) is 11.4. The maximum Gasteiger partial charge on any atom is 0.339 e. The van der Waals surface area contributed by atoms with E-state index in [4.69, 9.17) is 18.9 Å². The van der Waals surface area contributed by atoms with E-state index in [2.05, 4.69) is 13.2 Å². The molecule has 7 heteroatoms. The summed E-state index contributed by atoms with van der Waals surface area (Å²) >= 11 is 0. The van der Waals surface area contributed by atoms with Gasteiger partial charge in [-0.05, 0) is 91.2 Å². The molecule has 0 aliphatic rings. The van der Waals surface area contributed by atoms with Crippen molar-refractivity contribution in [2.75, 3.05) is 13.4 Å². The summed E-state index contributed by atoms with van der Waals surface area (Å²) in [6, 6.07) is 17.7. The smallest absolute Gasteiger partial charge is 0.339 e. The number of carbonyl (C=O) groups excluding carboxylic acids is 3. The fourth-order valence-corrected chi connectivity index (χ4v) is 3.07. The second-order valence-corrected chi connectivity index (χ2v) is 8.42. The Morgan fingerprint density at radius 2 is 1.35 bits per heavy atom. The van der Waals surface area contributed by atoms with Gasteiger partial charge in [0, 0.05) is 11.1 Å². The van der Waals surface area contributed by atoms with Gasteiger partial charge in [0.05, 0.1) is 0 Å². The zero-order chi connectivity index (χ0) is 26.9. The fraction of sp³-hybridized carbons (Fsp3) is 0.167. The highest BCUT2D eigenvalue weighted by Gasteiger charge is 2.10. The molecule has 0 aliphatic heterocycles. The van der Waals surface area contributed by atoms with E-state index in [1.54, 1.807) is 57.2 Å². The van der Waals surface area contributed by atoms with Crippen molar-refractivity contribution in [3.63, 3.8) is 0 Å². The number of rotatable bonds is 11. The number of Topliss-reactive ketones (excluding diaryl/α,β-unsaturated/α-hetero) is 1. The molecule has 0 bridgehead atoms. The van der Waals surface area contributed by atoms with Crippen LogP contribution in [0, 0.1) is 0 Å². The number of ketones is 1. The van der Waals surface area contributed by atoms with E-state index in [0.29, 0.717) is 28.4 Å². The Labute approximate surface area is 215 Å². The van der Waals surface area contributed by atoms with Gasteiger partial charge in [0.2, 0.25) is 6.79 Å². The van der Waals surface area contributed by atoms with Crippen molar-refractivity contribution in [2.45, 2.75) is 20.8 Å². The van der Waals surface area contributed by atoms with E-state index in [9.17, 15) is 14.4 Å². The summed E-state index contributed by atoms with van der Waals surface area (Å²) in [5, 5.41) is 1.90. The minimum absolute atomic E-state index is 0.0520. The molecule has 0 amide bonds. The lowest BCUT2D eigenvalue weighted by atomic mass is 10.0. The second-order valence-electron chi connectivity index (χ2n) is 8.42. The monoisotopic (exact) mass is 500 g/mol. The van der Waals surface area contributed by atoms with Gasteiger partial charge < -0.3 is 18.9 Å². The summed E-state index contributed by atoms with van der Waals surface area (Å²) in [5.74, 6) is 0.220. The van der Waals surface area contributed by atoms with Gasteiger partial charge in [-0.2, -0.15) is 0 Å². The van der Waals surface area contributed by atoms with Gasteiger partial charge in [-0.25, -0.2) is 9.59 Å². The van der Waals surface area contributed by atoms with Gasteiger partial charge in [-0.15, -0.1) is 0 Å². The minimum Gasteiger partial charge on any atom is -0.485 e. The number of hydrogen-bond donors (Lipinski definition) is 0. The van der Waals surface area contributed by atoms with Crippen LogP contribution in [0.5, 0.6) is 17.2 Å². The topological polar surface area (TPSA) is 88.1 Å². The molecule has 0 aliphatic carbocycles. The molecule has 0 atom stereocenters. The average molecular weight is 501 g/mol. The first-order chi connectivity index (χ1) is 17.6. The van der Waals surface area contributed by atoms with Crippen LogP contribution in [-0.4, -0.2) is 31.1 Å². The van der Waals surface area contributed by atoms with E-state index >= 15 is 0 Å². The molecule has 3 aromatic carbocycles. The third kappa shape index (κ3) is 7.93. The number of carbonyl (C=O) groups is 3. The number of ether oxygens (including phenoxy) is 4. The van der Waals surface area contributed by atoms with Crippen LogP contribution in [0.25, 0.3) is 16.8 Å². The van der Waals surface area contributed by atoms with Crippen LogP contribution in [0.4, 0.5) is 0 Å². The molecule has 190 valence electrons. The first-order valence-electron chi connectivity index (χ1n) is 11.4. The van der Waals surface area contributed by atoms with Gasteiger partial charge >= 0.3 is 11.9 Å². The van der Waals surface area contributed by atoms with Crippen molar-refractivity contribution in [2.24, 2.45) is 0 Å². The Morgan fingerprint density at radius 1 is 0.730 bits per heavy atom. The number of benzene rings is 3. The first kappa shape index (κ1) is 26.9. The summed E-state index contributed by atoms with van der Waals surface area (Å²) < 4.78 is 21.2. The molecule has 0 saturated heterocycles. The van der Waals surface area contributed by atoms with Crippen LogP contribution in [0.1, 0.15) is 26.3 Å². The molecule has 0 unspecified atom stereocenters. The largest absolute Gasteiger partial charge is 0.485 e. The predicted molar refractivity (Wildman–Crippen MR) is 141 cm³/mol. The highest BCUT2D eigenvalue weighted by Crippen LogP contribution is 2.24. The van der Waals surface area contributed by atoms with E-state index in [1.165, 1.54) is 0 Å². The standard InChI is InChI=1S/C30H28O7/c1-19(2)28(31)17-34-27-9-8-23-15-22(6-7-24(23)16-27)14-21(5)30(33)37-26-12-10-25(11-13-26)35-18-36-29(32)20(3)4/h6-16H,1,3,17-18H2,2,4-5H3/b21-14+. The van der Waals surface area contributed by atoms with Crippen molar-refractivity contribution in [1.82, 2.24) is 0 Å². The van der Waals surface area contributed by atoms with Crippen LogP contribution in [0.15, 0.2) is 90.5 Å². The molecule has 3 aromatic rings. The third-order valence-corrected chi connectivity index (χ3v) is 5.19. The fourth-order valence-electron chi connectivity index (χ4n) is 3.07. The number of esters is 2. The van der Waals surface area contributed by atoms with E-state index in [1.807, 2.05) is 30.3 Å². The maximum atomic E-state index is 12.6. The highest BCUT2D eigenvalue weighted by atomic mass is 16.7. The molecule has 0 radical (unpaired) electrons. The van der Waals surface area contributed by atoms with Gasteiger partial charge in [-0.1, -0.05) is 31.4 Å². The summed E-state index contributed by atoms with van der Waals surface area (Å²) in [4.78, 5) is 35.6. The van der Waals surface area contributed by atoms with E-state index < -0.39 is 11.9 Å². The van der Waals surface area contributed by atoms with E-state index in [-0.39, 0.29) is 24.8 Å². The number of fused-ring (bicyclic) bond motifs is 1. The summed E-state index contributed by atoms with van der Waals surface area (Å²) in [7, 11) is 0. The quantitative estimate of drug-likeness (QED) is 0.142. The molecule has 0 aromatic heterocycles. The van der Waals surface area contributed by atoms with Crippen molar-refractivity contribution < 1.29 is 33.3 Å². The Bertz CT molecular complexity index is 1380. The van der Waals surface area contributed by atoms with Crippen LogP contribution in [0.3, 0.4) is 0 Å². The van der Waals surface area contributed by atoms with Crippen molar-refractivity contribution >= 4 is 34.6 Å². The summed E-state index contributed by atoms with van der Waals surface area (Å²) in [6.45, 7) is 11.7. The molecule has 0 N–H and O–H groups in total. The Hall–Kier alpha value is -4.65. The molecule has 0 saturated carbocycles. The molecule has 7 nitrogen and oxygen atoms in total. The normalized spacial score (nSPS) is 10.9. The summed E-state index contributed by atoms with van der Waals surface area (Å²) in [6.07, 6.45) is 1.74. The average Bonchev–Trinajstić information content (AvgIpc) is 2.87. The van der Waals surface area contributed by atoms with Crippen LogP contribution in [-0.2, 0) is 19.1 Å².